The number of nitrogens with zero attached hydrogens (tertiary/aromatic N) is 2. The first-order chi connectivity index (χ1) is 15.8. The Morgan fingerprint density at radius 2 is 1.73 bits per heavy atom. The molecule has 0 bridgehead atoms. The number of nitrogens with one attached hydrogen (secondary N) is 1. The third-order valence-corrected chi connectivity index (χ3v) is 4.35. The van der Waals surface area contributed by atoms with Crippen molar-refractivity contribution in [3.8, 4) is 5.88 Å². The molecule has 0 amide bonds. The summed E-state index contributed by atoms with van der Waals surface area (Å²) in [6, 6.07) is 15.9. The molecule has 1 N–H and O–H groups in total. The van der Waals surface area contributed by atoms with Crippen LogP contribution in [0.5, 0.6) is 5.88 Å². The lowest BCUT2D eigenvalue weighted by atomic mass is 10.0. The molecule has 0 fully saturated rings. The van der Waals surface area contributed by atoms with Crippen molar-refractivity contribution >= 4 is 23.2 Å². The van der Waals surface area contributed by atoms with Gasteiger partial charge >= 0.3 is 12.1 Å². The van der Waals surface area contributed by atoms with Crippen molar-refractivity contribution in [2.75, 3.05) is 19.5 Å². The maximum atomic E-state index is 13.4. The first-order valence-corrected chi connectivity index (χ1v) is 9.62. The van der Waals surface area contributed by atoms with E-state index in [0.717, 1.165) is 0 Å². The van der Waals surface area contributed by atoms with Gasteiger partial charge in [-0.1, -0.05) is 42.5 Å². The Balaban J connectivity index is 1.91. The molecule has 0 aliphatic heterocycles. The normalized spacial score (nSPS) is 11.6. The van der Waals surface area contributed by atoms with Gasteiger partial charge in [-0.15, -0.1) is 0 Å². The minimum absolute atomic E-state index is 0.129. The second-order valence-corrected chi connectivity index (χ2v) is 6.61. The molecule has 10 heteroatoms. The molecule has 0 aliphatic rings. The molecule has 0 saturated carbocycles. The third-order valence-electron chi connectivity index (χ3n) is 4.35. The summed E-state index contributed by atoms with van der Waals surface area (Å²) in [6.07, 6.45) is -3.48. The molecule has 0 spiro atoms. The Kier molecular flexibility index (Phi) is 7.50. The lowest BCUT2D eigenvalue weighted by Crippen LogP contribution is -2.12. The molecule has 0 radical (unpaired) electrons. The van der Waals surface area contributed by atoms with Gasteiger partial charge in [0.1, 0.15) is 12.2 Å². The van der Waals surface area contributed by atoms with Crippen molar-refractivity contribution in [1.82, 2.24) is 9.97 Å². The van der Waals surface area contributed by atoms with Gasteiger partial charge in [0.25, 0.3) is 0 Å². The summed E-state index contributed by atoms with van der Waals surface area (Å²) in [4.78, 5) is 19.7. The number of carbonyl (C=O) groups is 1. The molecule has 1 aromatic heterocycles. The molecule has 0 unspecified atom stereocenters. The van der Waals surface area contributed by atoms with E-state index in [-0.39, 0.29) is 24.0 Å². The fourth-order valence-electron chi connectivity index (χ4n) is 2.86. The number of para-hydroxylation sites is 1. The number of methoxy groups -OCH3 is 2. The van der Waals surface area contributed by atoms with Crippen molar-refractivity contribution in [1.29, 1.82) is 0 Å². The SMILES string of the molecule is CO/C=C(/C(=O)OC)c1ccccc1COc1cc(C(F)(F)F)nc(Nc2ccccc2)n1. The summed E-state index contributed by atoms with van der Waals surface area (Å²) in [7, 11) is 2.61. The summed E-state index contributed by atoms with van der Waals surface area (Å²) >= 11 is 0. The van der Waals surface area contributed by atoms with Crippen LogP contribution in [-0.2, 0) is 27.1 Å². The minimum Gasteiger partial charge on any atom is -0.503 e. The average molecular weight is 459 g/mol. The number of carbonyl (C=O) groups excluding carboxylic acids is 1. The van der Waals surface area contributed by atoms with Crippen LogP contribution in [-0.4, -0.2) is 30.2 Å². The highest BCUT2D eigenvalue weighted by Gasteiger charge is 2.34. The van der Waals surface area contributed by atoms with Gasteiger partial charge in [0.2, 0.25) is 11.8 Å². The Morgan fingerprint density at radius 3 is 2.39 bits per heavy atom. The number of aromatic nitrogens is 2. The molecule has 1 heterocycles. The van der Waals surface area contributed by atoms with Crippen LogP contribution in [0.1, 0.15) is 16.8 Å². The van der Waals surface area contributed by atoms with Gasteiger partial charge in [-0.3, -0.25) is 0 Å². The molecule has 3 aromatic rings. The number of alkyl halides is 3. The average Bonchev–Trinajstić information content (AvgIpc) is 2.81. The Hall–Kier alpha value is -4.08. The van der Waals surface area contributed by atoms with Gasteiger partial charge < -0.3 is 19.5 Å². The topological polar surface area (TPSA) is 82.6 Å². The highest BCUT2D eigenvalue weighted by Crippen LogP contribution is 2.31. The van der Waals surface area contributed by atoms with Gasteiger partial charge in [0, 0.05) is 11.8 Å². The number of hydrogen-bond donors (Lipinski definition) is 1. The number of benzene rings is 2. The smallest absolute Gasteiger partial charge is 0.433 e. The number of halogens is 3. The quantitative estimate of drug-likeness (QED) is 0.289. The van der Waals surface area contributed by atoms with Crippen molar-refractivity contribution in [2.45, 2.75) is 12.8 Å². The van der Waals surface area contributed by atoms with Crippen molar-refractivity contribution in [3.63, 3.8) is 0 Å². The molecular weight excluding hydrogens is 439 g/mol. The van der Waals surface area contributed by atoms with E-state index >= 15 is 0 Å². The van der Waals surface area contributed by atoms with Crippen LogP contribution < -0.4 is 10.1 Å². The Bertz CT molecular complexity index is 1140. The zero-order chi connectivity index (χ0) is 23.8. The van der Waals surface area contributed by atoms with Gasteiger partial charge in [0.15, 0.2) is 5.69 Å². The molecule has 172 valence electrons. The summed E-state index contributed by atoms with van der Waals surface area (Å²) in [5, 5.41) is 2.73. The van der Waals surface area contributed by atoms with E-state index in [2.05, 4.69) is 15.3 Å². The number of rotatable bonds is 8. The van der Waals surface area contributed by atoms with E-state index in [4.69, 9.17) is 14.2 Å². The fourth-order valence-corrected chi connectivity index (χ4v) is 2.86. The lowest BCUT2D eigenvalue weighted by molar-refractivity contribution is -0.141. The maximum absolute atomic E-state index is 13.4. The van der Waals surface area contributed by atoms with Gasteiger partial charge in [-0.05, 0) is 23.3 Å². The standard InChI is InChI=1S/C23H20F3N3O4/c1-31-14-18(21(30)32-2)17-11-7-6-8-15(17)13-33-20-12-19(23(24,25)26)28-22(29-20)27-16-9-4-3-5-10-16/h3-12,14H,13H2,1-2H3,(H,27,28,29)/b18-14+. The van der Waals surface area contributed by atoms with Crippen molar-refractivity contribution in [2.24, 2.45) is 0 Å². The summed E-state index contributed by atoms with van der Waals surface area (Å²) in [5.74, 6) is -1.20. The molecule has 3 rings (SSSR count). The first kappa shape index (κ1) is 23.6. The molecular formula is C23H20F3N3O4. The van der Waals surface area contributed by atoms with Crippen molar-refractivity contribution < 1.29 is 32.2 Å². The third kappa shape index (κ3) is 6.22. The highest BCUT2D eigenvalue weighted by atomic mass is 19.4. The number of esters is 1. The van der Waals surface area contributed by atoms with E-state index in [1.165, 1.54) is 20.5 Å². The molecule has 0 aliphatic carbocycles. The Morgan fingerprint density at radius 1 is 1.03 bits per heavy atom. The fraction of sp³-hybridized carbons (Fsp3) is 0.174. The summed E-state index contributed by atoms with van der Waals surface area (Å²) in [5.41, 5.74) is 0.438. The van der Waals surface area contributed by atoms with Crippen LogP contribution in [0, 0.1) is 0 Å². The van der Waals surface area contributed by atoms with Crippen LogP contribution in [0.3, 0.4) is 0 Å². The second kappa shape index (κ2) is 10.5. The summed E-state index contributed by atoms with van der Waals surface area (Å²) in [6.45, 7) is -0.173. The van der Waals surface area contributed by atoms with Crippen LogP contribution in [0.25, 0.3) is 5.57 Å². The largest absolute Gasteiger partial charge is 0.503 e. The molecule has 0 saturated heterocycles. The predicted molar refractivity (Wildman–Crippen MR) is 115 cm³/mol. The van der Waals surface area contributed by atoms with Crippen LogP contribution in [0.15, 0.2) is 66.9 Å². The molecule has 7 nitrogen and oxygen atoms in total. The maximum Gasteiger partial charge on any atom is 0.433 e. The van der Waals surface area contributed by atoms with E-state index in [9.17, 15) is 18.0 Å². The number of anilines is 2. The summed E-state index contributed by atoms with van der Waals surface area (Å²) < 4.78 is 55.5. The lowest BCUT2D eigenvalue weighted by Gasteiger charge is -2.14. The minimum atomic E-state index is -4.70. The monoisotopic (exact) mass is 459 g/mol. The molecule has 33 heavy (non-hydrogen) atoms. The second-order valence-electron chi connectivity index (χ2n) is 6.61. The van der Waals surface area contributed by atoms with Gasteiger partial charge in [-0.25, -0.2) is 9.78 Å². The van der Waals surface area contributed by atoms with Crippen molar-refractivity contribution in [3.05, 3.63) is 83.7 Å². The highest BCUT2D eigenvalue weighted by molar-refractivity contribution is 6.16. The zero-order valence-electron chi connectivity index (χ0n) is 17.7. The predicted octanol–water partition coefficient (Wildman–Crippen LogP) is 4.98. The van der Waals surface area contributed by atoms with E-state index in [0.29, 0.717) is 22.9 Å². The molecule has 0 atom stereocenters. The van der Waals surface area contributed by atoms with Gasteiger partial charge in [-0.2, -0.15) is 18.2 Å². The zero-order valence-corrected chi connectivity index (χ0v) is 17.7. The van der Waals surface area contributed by atoms with Gasteiger partial charge in [0.05, 0.1) is 20.5 Å². The van der Waals surface area contributed by atoms with E-state index in [1.54, 1.807) is 54.6 Å². The van der Waals surface area contributed by atoms with Crippen LogP contribution >= 0.6 is 0 Å². The van der Waals surface area contributed by atoms with Crippen LogP contribution in [0.4, 0.5) is 24.8 Å². The number of hydrogen-bond acceptors (Lipinski definition) is 7. The number of ether oxygens (including phenoxy) is 3. The van der Waals surface area contributed by atoms with E-state index < -0.39 is 17.8 Å². The molecule has 2 aromatic carbocycles. The van der Waals surface area contributed by atoms with E-state index in [1.807, 2.05) is 0 Å². The Labute approximate surface area is 187 Å². The first-order valence-electron chi connectivity index (χ1n) is 9.62. The van der Waals surface area contributed by atoms with Crippen LogP contribution in [0.2, 0.25) is 0 Å².